The van der Waals surface area contributed by atoms with Crippen LogP contribution < -0.4 is 0 Å². The van der Waals surface area contributed by atoms with E-state index in [-0.39, 0.29) is 0 Å². The molecule has 0 saturated heterocycles. The van der Waals surface area contributed by atoms with E-state index in [0.29, 0.717) is 0 Å². The van der Waals surface area contributed by atoms with E-state index in [2.05, 4.69) is 127 Å². The largest absolute Gasteiger partial charge is 0.452 e. The van der Waals surface area contributed by atoms with Gasteiger partial charge in [0.15, 0.2) is 11.2 Å². The molecule has 0 aliphatic rings. The monoisotopic (exact) mass is 560 g/mol. The van der Waals surface area contributed by atoms with Crippen molar-refractivity contribution in [2.75, 3.05) is 0 Å². The summed E-state index contributed by atoms with van der Waals surface area (Å²) in [6, 6.07) is 52.1. The van der Waals surface area contributed by atoms with Gasteiger partial charge in [-0.25, -0.2) is 0 Å². The lowest BCUT2D eigenvalue weighted by molar-refractivity contribution is 0.633. The van der Waals surface area contributed by atoms with E-state index in [0.717, 1.165) is 49.4 Å². The Morgan fingerprint density at radius 2 is 0.818 bits per heavy atom. The Labute approximate surface area is 252 Å². The molecular formula is C42H24O2. The number of hydrogen-bond donors (Lipinski definition) is 0. The van der Waals surface area contributed by atoms with Gasteiger partial charge in [0, 0.05) is 21.5 Å². The zero-order valence-electron chi connectivity index (χ0n) is 23.7. The smallest absolute Gasteiger partial charge is 0.178 e. The molecule has 0 unspecified atom stereocenters. The summed E-state index contributed by atoms with van der Waals surface area (Å²) in [6.07, 6.45) is 0. The first-order valence-electron chi connectivity index (χ1n) is 15.0. The molecule has 0 aliphatic carbocycles. The van der Waals surface area contributed by atoms with Gasteiger partial charge in [0.05, 0.1) is 0 Å². The second kappa shape index (κ2) is 8.82. The molecule has 0 radical (unpaired) electrons. The number of furan rings is 2. The molecule has 8 aromatic carbocycles. The molecule has 2 nitrogen and oxygen atoms in total. The van der Waals surface area contributed by atoms with E-state index in [1.807, 2.05) is 18.2 Å². The molecule has 2 heteroatoms. The van der Waals surface area contributed by atoms with Crippen LogP contribution in [-0.4, -0.2) is 0 Å². The second-order valence-corrected chi connectivity index (χ2v) is 11.6. The number of hydrogen-bond acceptors (Lipinski definition) is 2. The van der Waals surface area contributed by atoms with Gasteiger partial charge in [-0.3, -0.25) is 0 Å². The summed E-state index contributed by atoms with van der Waals surface area (Å²) in [5.41, 5.74) is 8.21. The zero-order valence-corrected chi connectivity index (χ0v) is 23.7. The van der Waals surface area contributed by atoms with Crippen LogP contribution in [0, 0.1) is 0 Å². The first-order valence-corrected chi connectivity index (χ1v) is 15.0. The Balaban J connectivity index is 1.28. The maximum atomic E-state index is 6.63. The van der Waals surface area contributed by atoms with E-state index in [1.54, 1.807) is 0 Å². The van der Waals surface area contributed by atoms with Crippen molar-refractivity contribution < 1.29 is 8.83 Å². The van der Waals surface area contributed by atoms with Gasteiger partial charge < -0.3 is 8.83 Å². The lowest BCUT2D eigenvalue weighted by Gasteiger charge is -2.18. The highest BCUT2D eigenvalue weighted by molar-refractivity contribution is 6.24. The average Bonchev–Trinajstić information content (AvgIpc) is 3.65. The van der Waals surface area contributed by atoms with Crippen molar-refractivity contribution in [3.8, 4) is 22.3 Å². The van der Waals surface area contributed by atoms with Gasteiger partial charge in [0.1, 0.15) is 11.2 Å². The normalized spacial score (nSPS) is 12.1. The second-order valence-electron chi connectivity index (χ2n) is 11.6. The number of fused-ring (bicyclic) bond motifs is 10. The van der Waals surface area contributed by atoms with Crippen molar-refractivity contribution in [2.45, 2.75) is 0 Å². The molecule has 0 amide bonds. The van der Waals surface area contributed by atoms with Gasteiger partial charge in [-0.05, 0) is 84.9 Å². The summed E-state index contributed by atoms with van der Waals surface area (Å²) in [4.78, 5) is 0. The van der Waals surface area contributed by atoms with E-state index < -0.39 is 0 Å². The fourth-order valence-electron chi connectivity index (χ4n) is 7.35. The van der Waals surface area contributed by atoms with Crippen LogP contribution in [0.5, 0.6) is 0 Å². The quantitative estimate of drug-likeness (QED) is 0.197. The third-order valence-corrected chi connectivity index (χ3v) is 9.26. The highest BCUT2D eigenvalue weighted by Crippen LogP contribution is 2.46. The number of para-hydroxylation sites is 1. The minimum absolute atomic E-state index is 0.798. The molecule has 2 heterocycles. The SMILES string of the molecule is c1ccc2c(-c3c4ccccc4c(-c4ccc5c(c4)oc4c5ccc5c6ccccc6oc54)c4ccccc34)cccc2c1. The molecule has 44 heavy (non-hydrogen) atoms. The highest BCUT2D eigenvalue weighted by Gasteiger charge is 2.20. The summed E-state index contributed by atoms with van der Waals surface area (Å²) in [6.45, 7) is 0. The standard InChI is InChI=1S/C42H24O2/c1-2-12-27-25(10-1)11-9-18-30(27)40-33-16-5-3-14-31(33)39(32-15-4-6-17-34(32)40)26-20-21-29-36-23-22-35-28-13-7-8-19-37(28)43-41(35)42(36)44-38(29)24-26/h1-24H. The maximum absolute atomic E-state index is 6.63. The van der Waals surface area contributed by atoms with Gasteiger partial charge >= 0.3 is 0 Å². The fourth-order valence-corrected chi connectivity index (χ4v) is 7.35. The van der Waals surface area contributed by atoms with Crippen molar-refractivity contribution in [3.05, 3.63) is 146 Å². The van der Waals surface area contributed by atoms with Crippen LogP contribution in [0.1, 0.15) is 0 Å². The van der Waals surface area contributed by atoms with Crippen molar-refractivity contribution >= 4 is 76.2 Å². The minimum Gasteiger partial charge on any atom is -0.452 e. The molecule has 0 bridgehead atoms. The van der Waals surface area contributed by atoms with Gasteiger partial charge in [0.2, 0.25) is 0 Å². The van der Waals surface area contributed by atoms with E-state index in [1.165, 1.54) is 49.0 Å². The predicted molar refractivity (Wildman–Crippen MR) is 184 cm³/mol. The summed E-state index contributed by atoms with van der Waals surface area (Å²) in [5.74, 6) is 0. The molecule has 2 aromatic heterocycles. The Morgan fingerprint density at radius 3 is 1.52 bits per heavy atom. The lowest BCUT2D eigenvalue weighted by Crippen LogP contribution is -1.91. The lowest BCUT2D eigenvalue weighted by atomic mass is 9.84. The van der Waals surface area contributed by atoms with E-state index >= 15 is 0 Å². The van der Waals surface area contributed by atoms with Crippen molar-refractivity contribution in [1.29, 1.82) is 0 Å². The summed E-state index contributed by atoms with van der Waals surface area (Å²) in [7, 11) is 0. The Hall–Kier alpha value is -5.86. The summed E-state index contributed by atoms with van der Waals surface area (Å²) >= 11 is 0. The van der Waals surface area contributed by atoms with Crippen LogP contribution in [-0.2, 0) is 0 Å². The first-order chi connectivity index (χ1) is 21.8. The fraction of sp³-hybridized carbons (Fsp3) is 0. The average molecular weight is 561 g/mol. The topological polar surface area (TPSA) is 26.3 Å². The number of rotatable bonds is 2. The first kappa shape index (κ1) is 23.7. The molecule has 0 aliphatic heterocycles. The van der Waals surface area contributed by atoms with Crippen molar-refractivity contribution in [1.82, 2.24) is 0 Å². The Bertz CT molecular complexity index is 2710. The minimum atomic E-state index is 0.798. The van der Waals surface area contributed by atoms with E-state index in [4.69, 9.17) is 8.83 Å². The van der Waals surface area contributed by atoms with Gasteiger partial charge in [0.25, 0.3) is 0 Å². The van der Waals surface area contributed by atoms with Crippen molar-refractivity contribution in [2.24, 2.45) is 0 Å². The van der Waals surface area contributed by atoms with Crippen LogP contribution in [0.2, 0.25) is 0 Å². The predicted octanol–water partition coefficient (Wildman–Crippen LogP) is 12.3. The molecule has 0 atom stereocenters. The van der Waals surface area contributed by atoms with Gasteiger partial charge in [-0.1, -0.05) is 115 Å². The van der Waals surface area contributed by atoms with Crippen LogP contribution >= 0.6 is 0 Å². The van der Waals surface area contributed by atoms with Crippen molar-refractivity contribution in [3.63, 3.8) is 0 Å². The molecule has 0 saturated carbocycles. The van der Waals surface area contributed by atoms with Crippen LogP contribution in [0.3, 0.4) is 0 Å². The number of benzene rings is 8. The molecule has 0 N–H and O–H groups in total. The van der Waals surface area contributed by atoms with E-state index in [9.17, 15) is 0 Å². The third kappa shape index (κ3) is 3.20. The van der Waals surface area contributed by atoms with Crippen LogP contribution in [0.4, 0.5) is 0 Å². The maximum Gasteiger partial charge on any atom is 0.178 e. The molecule has 10 aromatic rings. The van der Waals surface area contributed by atoms with Crippen LogP contribution in [0.15, 0.2) is 154 Å². The molecule has 0 fully saturated rings. The van der Waals surface area contributed by atoms with Gasteiger partial charge in [-0.15, -0.1) is 0 Å². The zero-order chi connectivity index (χ0) is 28.8. The van der Waals surface area contributed by atoms with Crippen LogP contribution in [0.25, 0.3) is 98.4 Å². The summed E-state index contributed by atoms with van der Waals surface area (Å²) < 4.78 is 12.9. The highest BCUT2D eigenvalue weighted by atomic mass is 16.4. The molecule has 10 rings (SSSR count). The Kier molecular flexibility index (Phi) is 4.75. The van der Waals surface area contributed by atoms with Gasteiger partial charge in [-0.2, -0.15) is 0 Å². The molecular weight excluding hydrogens is 536 g/mol. The molecule has 0 spiro atoms. The molecule has 204 valence electrons. The Morgan fingerprint density at radius 1 is 0.318 bits per heavy atom. The summed E-state index contributed by atoms with van der Waals surface area (Å²) in [5, 5.41) is 11.8. The third-order valence-electron chi connectivity index (χ3n) is 9.26.